The Morgan fingerprint density at radius 2 is 1.95 bits per heavy atom. The Kier molecular flexibility index (Phi) is 3.98. The Morgan fingerprint density at radius 1 is 1.32 bits per heavy atom. The molecule has 0 aliphatic heterocycles. The third-order valence-corrected chi connectivity index (χ3v) is 3.47. The van der Waals surface area contributed by atoms with Gasteiger partial charge in [-0.2, -0.15) is 0 Å². The van der Waals surface area contributed by atoms with Gasteiger partial charge < -0.3 is 15.4 Å². The van der Waals surface area contributed by atoms with Gasteiger partial charge >= 0.3 is 6.03 Å². The highest BCUT2D eigenvalue weighted by molar-refractivity contribution is 5.74. The number of nitrogens with one attached hydrogen (secondary N) is 2. The predicted molar refractivity (Wildman–Crippen MR) is 75.6 cm³/mol. The molecule has 1 fully saturated rings. The molecule has 0 saturated heterocycles. The van der Waals surface area contributed by atoms with Crippen LogP contribution in [0.2, 0.25) is 0 Å². The summed E-state index contributed by atoms with van der Waals surface area (Å²) in [5, 5.41) is 5.87. The standard InChI is InChI=1S/C15H22N2O2/c1-15(2,10-16-14(18)17-12-6-7-12)11-4-8-13(19-3)9-5-11/h4-5,8-9,12H,6-7,10H2,1-3H3,(H2,16,17,18). The van der Waals surface area contributed by atoms with Crippen LogP contribution in [0.3, 0.4) is 0 Å². The van der Waals surface area contributed by atoms with Crippen molar-refractivity contribution in [2.24, 2.45) is 0 Å². The van der Waals surface area contributed by atoms with E-state index in [0.29, 0.717) is 12.6 Å². The van der Waals surface area contributed by atoms with E-state index >= 15 is 0 Å². The van der Waals surface area contributed by atoms with Gasteiger partial charge in [0.25, 0.3) is 0 Å². The molecule has 1 aliphatic rings. The summed E-state index contributed by atoms with van der Waals surface area (Å²) in [6.07, 6.45) is 2.21. The van der Waals surface area contributed by atoms with Crippen LogP contribution in [0.5, 0.6) is 5.75 Å². The quantitative estimate of drug-likeness (QED) is 0.856. The summed E-state index contributed by atoms with van der Waals surface area (Å²) in [7, 11) is 1.66. The number of rotatable bonds is 5. The van der Waals surface area contributed by atoms with E-state index in [2.05, 4.69) is 24.5 Å². The van der Waals surface area contributed by atoms with Crippen molar-refractivity contribution in [3.05, 3.63) is 29.8 Å². The molecule has 1 aromatic carbocycles. The van der Waals surface area contributed by atoms with Gasteiger partial charge in [0.15, 0.2) is 0 Å². The van der Waals surface area contributed by atoms with E-state index in [9.17, 15) is 4.79 Å². The fourth-order valence-corrected chi connectivity index (χ4v) is 1.91. The van der Waals surface area contributed by atoms with E-state index in [-0.39, 0.29) is 11.4 Å². The molecular weight excluding hydrogens is 240 g/mol. The van der Waals surface area contributed by atoms with Crippen LogP contribution in [0.15, 0.2) is 24.3 Å². The molecule has 4 heteroatoms. The van der Waals surface area contributed by atoms with E-state index in [1.165, 1.54) is 5.56 Å². The monoisotopic (exact) mass is 262 g/mol. The largest absolute Gasteiger partial charge is 0.497 e. The molecule has 1 saturated carbocycles. The zero-order valence-electron chi connectivity index (χ0n) is 11.8. The van der Waals surface area contributed by atoms with Crippen LogP contribution in [0.4, 0.5) is 4.79 Å². The maximum atomic E-state index is 11.6. The second kappa shape index (κ2) is 5.51. The molecule has 0 bridgehead atoms. The summed E-state index contributed by atoms with van der Waals surface area (Å²) in [4.78, 5) is 11.6. The van der Waals surface area contributed by atoms with Gasteiger partial charge in [-0.3, -0.25) is 0 Å². The van der Waals surface area contributed by atoms with Crippen molar-refractivity contribution in [3.63, 3.8) is 0 Å². The lowest BCUT2D eigenvalue weighted by atomic mass is 9.84. The van der Waals surface area contributed by atoms with E-state index in [1.54, 1.807) is 7.11 Å². The summed E-state index contributed by atoms with van der Waals surface area (Å²) in [6.45, 7) is 4.84. The molecule has 0 radical (unpaired) electrons. The molecule has 0 aromatic heterocycles. The number of ether oxygens (including phenoxy) is 1. The van der Waals surface area contributed by atoms with Crippen molar-refractivity contribution >= 4 is 6.03 Å². The lowest BCUT2D eigenvalue weighted by Crippen LogP contribution is -2.43. The predicted octanol–water partition coefficient (Wildman–Crippen LogP) is 2.43. The molecular formula is C15H22N2O2. The third-order valence-electron chi connectivity index (χ3n) is 3.47. The molecule has 0 heterocycles. The summed E-state index contributed by atoms with van der Waals surface area (Å²) >= 11 is 0. The minimum absolute atomic E-state index is 0.0657. The van der Waals surface area contributed by atoms with Crippen molar-refractivity contribution in [2.75, 3.05) is 13.7 Å². The van der Waals surface area contributed by atoms with Crippen LogP contribution in [-0.4, -0.2) is 25.7 Å². The van der Waals surface area contributed by atoms with E-state index in [1.807, 2.05) is 24.3 Å². The Hall–Kier alpha value is -1.71. The van der Waals surface area contributed by atoms with Crippen molar-refractivity contribution in [2.45, 2.75) is 38.1 Å². The number of methoxy groups -OCH3 is 1. The first-order valence-electron chi connectivity index (χ1n) is 6.70. The smallest absolute Gasteiger partial charge is 0.315 e. The Balaban J connectivity index is 1.89. The molecule has 0 atom stereocenters. The molecule has 19 heavy (non-hydrogen) atoms. The van der Waals surface area contributed by atoms with Gasteiger partial charge in [0.1, 0.15) is 5.75 Å². The van der Waals surface area contributed by atoms with Gasteiger partial charge in [-0.1, -0.05) is 26.0 Å². The normalized spacial score (nSPS) is 14.9. The fourth-order valence-electron chi connectivity index (χ4n) is 1.91. The number of carbonyl (C=O) groups is 1. The maximum absolute atomic E-state index is 11.6. The summed E-state index contributed by atoms with van der Waals surface area (Å²) in [5.41, 5.74) is 1.08. The minimum Gasteiger partial charge on any atom is -0.497 e. The van der Waals surface area contributed by atoms with Crippen molar-refractivity contribution in [3.8, 4) is 5.75 Å². The summed E-state index contributed by atoms with van der Waals surface area (Å²) < 4.78 is 5.15. The highest BCUT2D eigenvalue weighted by atomic mass is 16.5. The van der Waals surface area contributed by atoms with E-state index < -0.39 is 0 Å². The maximum Gasteiger partial charge on any atom is 0.315 e. The first-order chi connectivity index (χ1) is 9.01. The molecule has 2 N–H and O–H groups in total. The van der Waals surface area contributed by atoms with Crippen LogP contribution in [0.25, 0.3) is 0 Å². The van der Waals surface area contributed by atoms with Crippen LogP contribution >= 0.6 is 0 Å². The highest BCUT2D eigenvalue weighted by Gasteiger charge is 2.25. The van der Waals surface area contributed by atoms with Gasteiger partial charge in [0.2, 0.25) is 0 Å². The molecule has 1 aliphatic carbocycles. The molecule has 4 nitrogen and oxygen atoms in total. The van der Waals surface area contributed by atoms with Crippen molar-refractivity contribution in [1.29, 1.82) is 0 Å². The van der Waals surface area contributed by atoms with Crippen molar-refractivity contribution in [1.82, 2.24) is 10.6 Å². The van der Waals surface area contributed by atoms with Crippen LogP contribution < -0.4 is 15.4 Å². The number of amides is 2. The Labute approximate surface area is 114 Å². The number of benzene rings is 1. The first-order valence-corrected chi connectivity index (χ1v) is 6.70. The molecule has 0 unspecified atom stereocenters. The zero-order chi connectivity index (χ0) is 13.9. The Morgan fingerprint density at radius 3 is 2.47 bits per heavy atom. The SMILES string of the molecule is COc1ccc(C(C)(C)CNC(=O)NC2CC2)cc1. The zero-order valence-corrected chi connectivity index (χ0v) is 11.8. The molecule has 104 valence electrons. The first kappa shape index (κ1) is 13.7. The Bertz CT molecular complexity index is 436. The van der Waals surface area contributed by atoms with Crippen molar-refractivity contribution < 1.29 is 9.53 Å². The minimum atomic E-state index is -0.104. The molecule has 2 amide bonds. The number of carbonyl (C=O) groups excluding carboxylic acids is 1. The van der Waals surface area contributed by atoms with E-state index in [4.69, 9.17) is 4.74 Å². The van der Waals surface area contributed by atoms with E-state index in [0.717, 1.165) is 18.6 Å². The molecule has 0 spiro atoms. The van der Waals surface area contributed by atoms with Crippen LogP contribution in [0.1, 0.15) is 32.3 Å². The van der Waals surface area contributed by atoms with Crippen LogP contribution in [-0.2, 0) is 5.41 Å². The van der Waals surface area contributed by atoms with Gasteiger partial charge in [0.05, 0.1) is 7.11 Å². The lowest BCUT2D eigenvalue weighted by Gasteiger charge is -2.26. The summed E-state index contributed by atoms with van der Waals surface area (Å²) in [5.74, 6) is 0.846. The molecule has 1 aromatic rings. The highest BCUT2D eigenvalue weighted by Crippen LogP contribution is 2.24. The third kappa shape index (κ3) is 3.88. The van der Waals surface area contributed by atoms with Gasteiger partial charge in [-0.15, -0.1) is 0 Å². The van der Waals surface area contributed by atoms with Gasteiger partial charge in [0, 0.05) is 18.0 Å². The van der Waals surface area contributed by atoms with Gasteiger partial charge in [-0.05, 0) is 30.5 Å². The second-order valence-corrected chi connectivity index (χ2v) is 5.71. The molecule has 2 rings (SSSR count). The fraction of sp³-hybridized carbons (Fsp3) is 0.533. The number of hydrogen-bond donors (Lipinski definition) is 2. The number of urea groups is 1. The van der Waals surface area contributed by atoms with Gasteiger partial charge in [-0.25, -0.2) is 4.79 Å². The second-order valence-electron chi connectivity index (χ2n) is 5.71. The summed E-state index contributed by atoms with van der Waals surface area (Å²) in [6, 6.07) is 8.30. The average molecular weight is 262 g/mol. The average Bonchev–Trinajstić information content (AvgIpc) is 3.20. The number of hydrogen-bond acceptors (Lipinski definition) is 2. The lowest BCUT2D eigenvalue weighted by molar-refractivity contribution is 0.238. The van der Waals surface area contributed by atoms with Crippen LogP contribution in [0, 0.1) is 0 Å². The topological polar surface area (TPSA) is 50.4 Å².